The number of benzene rings is 1. The second kappa shape index (κ2) is 4.58. The van der Waals surface area contributed by atoms with Crippen molar-refractivity contribution in [2.45, 2.75) is 19.8 Å². The van der Waals surface area contributed by atoms with Crippen molar-refractivity contribution in [2.75, 3.05) is 13.2 Å². The van der Waals surface area contributed by atoms with Crippen molar-refractivity contribution in [1.82, 2.24) is 4.98 Å². The molecule has 0 bridgehead atoms. The molecule has 3 nitrogen and oxygen atoms in total. The Balaban J connectivity index is 2.04. The molecule has 2 aromatic rings. The topological polar surface area (TPSA) is 42.1 Å². The van der Waals surface area contributed by atoms with Crippen molar-refractivity contribution in [3.63, 3.8) is 0 Å². The maximum Gasteiger partial charge on any atom is 0.170 e. The molecule has 1 aliphatic heterocycles. The first-order valence-electron chi connectivity index (χ1n) is 6.52. The van der Waals surface area contributed by atoms with E-state index in [1.165, 1.54) is 5.56 Å². The molecule has 1 N–H and O–H groups in total. The maximum absolute atomic E-state index is 12.4. The van der Waals surface area contributed by atoms with Gasteiger partial charge in [0, 0.05) is 35.2 Å². The first kappa shape index (κ1) is 11.5. The molecule has 2 heterocycles. The van der Waals surface area contributed by atoms with E-state index in [2.05, 4.69) is 18.0 Å². The smallest absolute Gasteiger partial charge is 0.170 e. The van der Waals surface area contributed by atoms with Crippen LogP contribution in [-0.2, 0) is 11.2 Å². The van der Waals surface area contributed by atoms with E-state index in [0.29, 0.717) is 13.2 Å². The van der Waals surface area contributed by atoms with Gasteiger partial charge in [0.25, 0.3) is 0 Å². The highest BCUT2D eigenvalue weighted by molar-refractivity contribution is 6.09. The number of aryl methyl sites for hydroxylation is 1. The lowest BCUT2D eigenvalue weighted by molar-refractivity contribution is 0.0902. The Morgan fingerprint density at radius 1 is 1.50 bits per heavy atom. The van der Waals surface area contributed by atoms with Gasteiger partial charge in [-0.3, -0.25) is 4.79 Å². The molecule has 1 aromatic carbocycles. The normalized spacial score (nSPS) is 19.5. The van der Waals surface area contributed by atoms with Gasteiger partial charge in [-0.15, -0.1) is 0 Å². The Labute approximate surface area is 106 Å². The minimum Gasteiger partial charge on any atom is -0.381 e. The summed E-state index contributed by atoms with van der Waals surface area (Å²) in [6, 6.07) is 6.15. The van der Waals surface area contributed by atoms with Gasteiger partial charge in [0.1, 0.15) is 0 Å². The number of ether oxygens (including phenoxy) is 1. The number of para-hydroxylation sites is 1. The summed E-state index contributed by atoms with van der Waals surface area (Å²) in [4.78, 5) is 15.7. The second-order valence-corrected chi connectivity index (χ2v) is 4.82. The average molecular weight is 243 g/mol. The SMILES string of the molecule is CCc1cccc2c(C(=O)C3CCOC3)c[nH]c12. The Morgan fingerprint density at radius 3 is 3.11 bits per heavy atom. The molecule has 0 saturated carbocycles. The lowest BCUT2D eigenvalue weighted by Crippen LogP contribution is -2.14. The molecule has 3 rings (SSSR count). The molecule has 1 unspecified atom stereocenters. The minimum absolute atomic E-state index is 0.0364. The van der Waals surface area contributed by atoms with Crippen molar-refractivity contribution < 1.29 is 9.53 Å². The van der Waals surface area contributed by atoms with E-state index in [-0.39, 0.29) is 11.7 Å². The van der Waals surface area contributed by atoms with Gasteiger partial charge in [-0.05, 0) is 18.4 Å². The van der Waals surface area contributed by atoms with E-state index in [4.69, 9.17) is 4.74 Å². The molecular formula is C15H17NO2. The highest BCUT2D eigenvalue weighted by Crippen LogP contribution is 2.26. The van der Waals surface area contributed by atoms with Crippen molar-refractivity contribution in [3.05, 3.63) is 35.5 Å². The molecule has 3 heteroatoms. The van der Waals surface area contributed by atoms with Gasteiger partial charge < -0.3 is 9.72 Å². The van der Waals surface area contributed by atoms with Crippen molar-refractivity contribution in [3.8, 4) is 0 Å². The summed E-state index contributed by atoms with van der Waals surface area (Å²) in [5.41, 5.74) is 3.17. The number of carbonyl (C=O) groups is 1. The fourth-order valence-corrected chi connectivity index (χ4v) is 2.68. The summed E-state index contributed by atoms with van der Waals surface area (Å²) in [6.45, 7) is 3.40. The molecule has 1 aliphatic rings. The molecule has 1 aromatic heterocycles. The zero-order chi connectivity index (χ0) is 12.5. The number of nitrogens with one attached hydrogen (secondary N) is 1. The fourth-order valence-electron chi connectivity index (χ4n) is 2.68. The number of hydrogen-bond acceptors (Lipinski definition) is 2. The quantitative estimate of drug-likeness (QED) is 0.842. The Bertz CT molecular complexity index is 579. The number of ketones is 1. The summed E-state index contributed by atoms with van der Waals surface area (Å²) < 4.78 is 5.30. The van der Waals surface area contributed by atoms with Gasteiger partial charge in [-0.2, -0.15) is 0 Å². The van der Waals surface area contributed by atoms with Crippen LogP contribution in [-0.4, -0.2) is 24.0 Å². The minimum atomic E-state index is 0.0364. The second-order valence-electron chi connectivity index (χ2n) is 4.82. The van der Waals surface area contributed by atoms with Crippen molar-refractivity contribution >= 4 is 16.7 Å². The predicted octanol–water partition coefficient (Wildman–Crippen LogP) is 2.95. The highest BCUT2D eigenvalue weighted by Gasteiger charge is 2.26. The Kier molecular flexibility index (Phi) is 2.92. The van der Waals surface area contributed by atoms with E-state index in [0.717, 1.165) is 29.3 Å². The zero-order valence-electron chi connectivity index (χ0n) is 10.5. The lowest BCUT2D eigenvalue weighted by Gasteiger charge is -2.05. The van der Waals surface area contributed by atoms with Gasteiger partial charge in [0.05, 0.1) is 6.61 Å². The largest absolute Gasteiger partial charge is 0.381 e. The molecular weight excluding hydrogens is 226 g/mol. The number of H-pyrrole nitrogens is 1. The van der Waals surface area contributed by atoms with Gasteiger partial charge in [0.15, 0.2) is 5.78 Å². The standard InChI is InChI=1S/C15H17NO2/c1-2-10-4-3-5-12-13(8-16-14(10)12)15(17)11-6-7-18-9-11/h3-5,8,11,16H,2,6-7,9H2,1H3. The van der Waals surface area contributed by atoms with E-state index in [9.17, 15) is 4.79 Å². The molecule has 0 radical (unpaired) electrons. The predicted molar refractivity (Wildman–Crippen MR) is 70.9 cm³/mol. The van der Waals surface area contributed by atoms with E-state index < -0.39 is 0 Å². The van der Waals surface area contributed by atoms with Crippen LogP contribution in [0.15, 0.2) is 24.4 Å². The van der Waals surface area contributed by atoms with Crippen molar-refractivity contribution in [1.29, 1.82) is 0 Å². The number of fused-ring (bicyclic) bond motifs is 1. The highest BCUT2D eigenvalue weighted by atomic mass is 16.5. The Hall–Kier alpha value is -1.61. The van der Waals surface area contributed by atoms with Crippen LogP contribution in [0.5, 0.6) is 0 Å². The van der Waals surface area contributed by atoms with Gasteiger partial charge in [-0.1, -0.05) is 25.1 Å². The number of Topliss-reactive ketones (excluding diaryl/α,β-unsaturated/α-hetero) is 1. The number of hydrogen-bond donors (Lipinski definition) is 1. The van der Waals surface area contributed by atoms with E-state index >= 15 is 0 Å². The number of carbonyl (C=O) groups excluding carboxylic acids is 1. The van der Waals surface area contributed by atoms with Gasteiger partial charge >= 0.3 is 0 Å². The van der Waals surface area contributed by atoms with Crippen LogP contribution in [0.3, 0.4) is 0 Å². The number of aromatic amines is 1. The molecule has 0 spiro atoms. The van der Waals surface area contributed by atoms with Crippen LogP contribution < -0.4 is 0 Å². The first-order chi connectivity index (χ1) is 8.81. The third kappa shape index (κ3) is 1.75. The van der Waals surface area contributed by atoms with Crippen LogP contribution in [0.4, 0.5) is 0 Å². The molecule has 1 fully saturated rings. The molecule has 94 valence electrons. The van der Waals surface area contributed by atoms with Crippen molar-refractivity contribution in [2.24, 2.45) is 5.92 Å². The van der Waals surface area contributed by atoms with Gasteiger partial charge in [0.2, 0.25) is 0 Å². The van der Waals surface area contributed by atoms with Crippen LogP contribution in [0.1, 0.15) is 29.3 Å². The Morgan fingerprint density at radius 2 is 2.39 bits per heavy atom. The van der Waals surface area contributed by atoms with E-state index in [1.807, 2.05) is 18.3 Å². The van der Waals surface area contributed by atoms with Gasteiger partial charge in [-0.25, -0.2) is 0 Å². The summed E-state index contributed by atoms with van der Waals surface area (Å²) in [7, 11) is 0. The molecule has 0 amide bonds. The van der Waals surface area contributed by atoms with Crippen LogP contribution in [0.25, 0.3) is 10.9 Å². The number of rotatable bonds is 3. The third-order valence-electron chi connectivity index (χ3n) is 3.75. The van der Waals surface area contributed by atoms with Crippen LogP contribution in [0, 0.1) is 5.92 Å². The third-order valence-corrected chi connectivity index (χ3v) is 3.75. The lowest BCUT2D eigenvalue weighted by atomic mass is 9.96. The van der Waals surface area contributed by atoms with Crippen LogP contribution >= 0.6 is 0 Å². The summed E-state index contributed by atoms with van der Waals surface area (Å²) in [6.07, 6.45) is 3.67. The zero-order valence-corrected chi connectivity index (χ0v) is 10.5. The van der Waals surface area contributed by atoms with Crippen LogP contribution in [0.2, 0.25) is 0 Å². The van der Waals surface area contributed by atoms with E-state index in [1.54, 1.807) is 0 Å². The molecule has 1 saturated heterocycles. The monoisotopic (exact) mass is 243 g/mol. The fraction of sp³-hybridized carbons (Fsp3) is 0.400. The summed E-state index contributed by atoms with van der Waals surface area (Å²) in [5, 5.41) is 1.05. The summed E-state index contributed by atoms with van der Waals surface area (Å²) in [5.74, 6) is 0.251. The molecule has 18 heavy (non-hydrogen) atoms. The molecule has 0 aliphatic carbocycles. The molecule has 1 atom stereocenters. The first-order valence-corrected chi connectivity index (χ1v) is 6.52. The maximum atomic E-state index is 12.4. The average Bonchev–Trinajstić information content (AvgIpc) is 3.06. The summed E-state index contributed by atoms with van der Waals surface area (Å²) >= 11 is 0. The number of aromatic nitrogens is 1.